The average molecular weight is 512 g/mol. The Hall–Kier alpha value is -2.09. The number of hydrogen-bond acceptors (Lipinski definition) is 7. The van der Waals surface area contributed by atoms with Crippen molar-refractivity contribution in [3.63, 3.8) is 0 Å². The first-order valence-corrected chi connectivity index (χ1v) is 13.4. The average Bonchev–Trinajstić information content (AvgIpc) is 3.14. The molecule has 2 atom stereocenters. The molecule has 0 aromatic carbocycles. The summed E-state index contributed by atoms with van der Waals surface area (Å²) in [5, 5.41) is 20.5. The van der Waals surface area contributed by atoms with Crippen molar-refractivity contribution in [2.24, 2.45) is 16.7 Å². The second-order valence-corrected chi connectivity index (χ2v) is 10.8. The molecule has 202 valence electrons. The second-order valence-electron chi connectivity index (χ2n) is 10.8. The molecule has 2 heterocycles. The minimum absolute atomic E-state index is 0.0135. The van der Waals surface area contributed by atoms with Crippen LogP contribution in [0.1, 0.15) is 51.4 Å². The summed E-state index contributed by atoms with van der Waals surface area (Å²) in [6.45, 7) is 5.55. The van der Waals surface area contributed by atoms with Gasteiger partial charge in [-0.15, -0.1) is 5.73 Å². The zero-order chi connectivity index (χ0) is 26.1. The monoisotopic (exact) mass is 511 g/mol. The molecule has 0 bridgehead atoms. The molecule has 37 heavy (non-hydrogen) atoms. The lowest BCUT2D eigenvalue weighted by molar-refractivity contribution is -0.253. The Morgan fingerprint density at radius 2 is 1.92 bits per heavy atom. The summed E-state index contributed by atoms with van der Waals surface area (Å²) in [5.74, 6) is 0.486. The molecule has 7 heteroatoms. The fourth-order valence-electron chi connectivity index (χ4n) is 4.76. The molecule has 1 saturated heterocycles. The van der Waals surface area contributed by atoms with E-state index in [1.165, 1.54) is 6.42 Å². The molecule has 2 aliphatic carbocycles. The van der Waals surface area contributed by atoms with Gasteiger partial charge in [-0.05, 0) is 67.5 Å². The molecule has 1 saturated carbocycles. The van der Waals surface area contributed by atoms with Crippen LogP contribution < -0.4 is 0 Å². The summed E-state index contributed by atoms with van der Waals surface area (Å²) in [6.07, 6.45) is 15.4. The largest absolute Gasteiger partial charge is 0.396 e. The van der Waals surface area contributed by atoms with Crippen LogP contribution in [0.15, 0.2) is 65.7 Å². The number of rotatable bonds is 13. The Balaban J connectivity index is 1.33. The lowest BCUT2D eigenvalue weighted by Crippen LogP contribution is -2.46. The van der Waals surface area contributed by atoms with Crippen LogP contribution in [0.3, 0.4) is 0 Å². The molecule has 3 aliphatic rings. The van der Waals surface area contributed by atoms with Crippen molar-refractivity contribution < 1.29 is 29.2 Å². The first kappa shape index (κ1) is 27.9. The van der Waals surface area contributed by atoms with Crippen LogP contribution in [0.2, 0.25) is 0 Å². The molecule has 7 nitrogen and oxygen atoms in total. The molecular formula is C30H41NO6. The topological polar surface area (TPSA) is 90.3 Å². The highest BCUT2D eigenvalue weighted by Crippen LogP contribution is 2.37. The summed E-state index contributed by atoms with van der Waals surface area (Å²) >= 11 is 0. The normalized spacial score (nSPS) is 26.5. The van der Waals surface area contributed by atoms with E-state index in [2.05, 4.69) is 35.9 Å². The zero-order valence-corrected chi connectivity index (χ0v) is 22.1. The predicted octanol–water partition coefficient (Wildman–Crippen LogP) is 4.29. The zero-order valence-electron chi connectivity index (χ0n) is 22.1. The van der Waals surface area contributed by atoms with Crippen LogP contribution >= 0.6 is 0 Å². The lowest BCUT2D eigenvalue weighted by atomic mass is 9.78. The van der Waals surface area contributed by atoms with Gasteiger partial charge >= 0.3 is 0 Å². The summed E-state index contributed by atoms with van der Waals surface area (Å²) in [4.78, 5) is 4.03. The Labute approximate surface area is 220 Å². The predicted molar refractivity (Wildman–Crippen MR) is 141 cm³/mol. The first-order valence-electron chi connectivity index (χ1n) is 13.4. The summed E-state index contributed by atoms with van der Waals surface area (Å²) in [7, 11) is 0. The van der Waals surface area contributed by atoms with Gasteiger partial charge in [-0.3, -0.25) is 4.98 Å². The molecule has 0 radical (unpaired) electrons. The fourth-order valence-corrected chi connectivity index (χ4v) is 4.76. The summed E-state index contributed by atoms with van der Waals surface area (Å²) < 4.78 is 24.6. The van der Waals surface area contributed by atoms with Crippen LogP contribution in [0.25, 0.3) is 0 Å². The highest BCUT2D eigenvalue weighted by molar-refractivity contribution is 5.36. The van der Waals surface area contributed by atoms with Crippen LogP contribution in [0.5, 0.6) is 0 Å². The van der Waals surface area contributed by atoms with Gasteiger partial charge in [0.25, 0.3) is 0 Å². The number of aromatic nitrogens is 1. The van der Waals surface area contributed by atoms with Crippen LogP contribution in [0, 0.1) is 16.7 Å². The number of aliphatic hydroxyl groups excluding tert-OH is 2. The van der Waals surface area contributed by atoms with Crippen LogP contribution in [-0.2, 0) is 18.9 Å². The van der Waals surface area contributed by atoms with Gasteiger partial charge in [0.15, 0.2) is 6.29 Å². The maximum absolute atomic E-state index is 10.4. The number of allylic oxidation sites excluding steroid dienone is 3. The Morgan fingerprint density at radius 1 is 1.16 bits per heavy atom. The molecule has 1 aromatic rings. The fraction of sp³-hybridized carbons (Fsp3) is 0.600. The van der Waals surface area contributed by atoms with E-state index in [4.69, 9.17) is 18.9 Å². The lowest BCUT2D eigenvalue weighted by Gasteiger charge is -2.40. The van der Waals surface area contributed by atoms with Crippen molar-refractivity contribution in [1.29, 1.82) is 0 Å². The van der Waals surface area contributed by atoms with Gasteiger partial charge in [0.1, 0.15) is 0 Å². The SMILES string of the molecule is CCC(CO)(COCC1(CO)COC(c2ccncc2)OC1)COC(C1=CC=C=C(C)C=C1)C1CCC1. The molecule has 1 aromatic heterocycles. The number of aliphatic hydroxyl groups is 2. The maximum atomic E-state index is 10.4. The minimum Gasteiger partial charge on any atom is -0.396 e. The van der Waals surface area contributed by atoms with Crippen molar-refractivity contribution in [2.45, 2.75) is 51.9 Å². The van der Waals surface area contributed by atoms with E-state index >= 15 is 0 Å². The van der Waals surface area contributed by atoms with Crippen molar-refractivity contribution in [1.82, 2.24) is 4.98 Å². The third-order valence-electron chi connectivity index (χ3n) is 7.89. The third kappa shape index (κ3) is 7.06. The van der Waals surface area contributed by atoms with E-state index in [1.54, 1.807) is 12.4 Å². The smallest absolute Gasteiger partial charge is 0.183 e. The van der Waals surface area contributed by atoms with Gasteiger partial charge in [-0.25, -0.2) is 0 Å². The molecule has 0 spiro atoms. The number of nitrogens with zero attached hydrogens (tertiary/aromatic N) is 1. The molecule has 1 aliphatic heterocycles. The molecule has 2 fully saturated rings. The number of ether oxygens (including phenoxy) is 4. The van der Waals surface area contributed by atoms with Gasteiger partial charge in [-0.2, -0.15) is 0 Å². The Morgan fingerprint density at radius 3 is 2.54 bits per heavy atom. The third-order valence-corrected chi connectivity index (χ3v) is 7.89. The van der Waals surface area contributed by atoms with E-state index in [0.717, 1.165) is 29.6 Å². The first-order chi connectivity index (χ1) is 18.0. The summed E-state index contributed by atoms with van der Waals surface area (Å²) in [5.41, 5.74) is 5.20. The highest BCUT2D eigenvalue weighted by Gasteiger charge is 2.39. The van der Waals surface area contributed by atoms with E-state index in [-0.39, 0.29) is 25.9 Å². The number of pyridine rings is 1. The van der Waals surface area contributed by atoms with Crippen molar-refractivity contribution in [2.75, 3.05) is 46.2 Å². The molecule has 4 rings (SSSR count). The van der Waals surface area contributed by atoms with E-state index in [0.29, 0.717) is 38.8 Å². The minimum atomic E-state index is -0.652. The molecule has 2 unspecified atom stereocenters. The van der Waals surface area contributed by atoms with Gasteiger partial charge in [-0.1, -0.05) is 25.5 Å². The van der Waals surface area contributed by atoms with E-state index < -0.39 is 17.1 Å². The molecule has 0 amide bonds. The van der Waals surface area contributed by atoms with Crippen molar-refractivity contribution >= 4 is 0 Å². The van der Waals surface area contributed by atoms with Crippen molar-refractivity contribution in [3.8, 4) is 0 Å². The maximum Gasteiger partial charge on any atom is 0.183 e. The Bertz CT molecular complexity index is 981. The van der Waals surface area contributed by atoms with Crippen LogP contribution in [-0.4, -0.2) is 67.5 Å². The number of hydrogen-bond donors (Lipinski definition) is 2. The van der Waals surface area contributed by atoms with Crippen LogP contribution in [0.4, 0.5) is 0 Å². The van der Waals surface area contributed by atoms with Gasteiger partial charge in [0.05, 0.1) is 57.8 Å². The highest BCUT2D eigenvalue weighted by atomic mass is 16.7. The molecule has 2 N–H and O–H groups in total. The quantitative estimate of drug-likeness (QED) is 0.382. The summed E-state index contributed by atoms with van der Waals surface area (Å²) in [6, 6.07) is 3.71. The van der Waals surface area contributed by atoms with Crippen molar-refractivity contribution in [3.05, 3.63) is 71.3 Å². The van der Waals surface area contributed by atoms with E-state index in [9.17, 15) is 10.2 Å². The second kappa shape index (κ2) is 13.1. The van der Waals surface area contributed by atoms with Gasteiger partial charge < -0.3 is 29.2 Å². The standard InChI is InChI=1S/C30H41NO6/c1-3-29(16-32,20-35-27(24-8-5-9-24)25-7-4-6-23(2)10-11-25)18-34-19-30(17-33)21-36-28(37-22-30)26-12-14-31-15-13-26/h4,7,10-15,24,27-28,32-33H,3,5,8-9,16-22H2,1-2H3. The van der Waals surface area contributed by atoms with Gasteiger partial charge in [0, 0.05) is 23.4 Å². The van der Waals surface area contributed by atoms with E-state index in [1.807, 2.05) is 25.1 Å². The Kier molecular flexibility index (Phi) is 9.90. The molecular weight excluding hydrogens is 470 g/mol. The van der Waals surface area contributed by atoms with Gasteiger partial charge in [0.2, 0.25) is 0 Å².